The minimum atomic E-state index is -3.20. The normalized spacial score (nSPS) is 19.5. The smallest absolute Gasteiger partial charge is 0.186 e. The van der Waals surface area contributed by atoms with Crippen molar-refractivity contribution in [3.05, 3.63) is 0 Å². The molecule has 2 nitrogen and oxygen atoms in total. The summed E-state index contributed by atoms with van der Waals surface area (Å²) < 4.78 is 10.7. The van der Waals surface area contributed by atoms with E-state index in [-0.39, 0.29) is 14.9 Å². The molecule has 0 spiro atoms. The molecule has 0 aromatic rings. The van der Waals surface area contributed by atoms with Gasteiger partial charge in [-0.05, 0) is 6.66 Å². The van der Waals surface area contributed by atoms with Crippen LogP contribution in [0.2, 0.25) is 0 Å². The van der Waals surface area contributed by atoms with Gasteiger partial charge in [-0.15, -0.1) is 11.8 Å². The summed E-state index contributed by atoms with van der Waals surface area (Å²) in [6.45, 7) is 2.18. The Hall–Kier alpha value is 1.32. The molecule has 8 heteroatoms. The summed E-state index contributed by atoms with van der Waals surface area (Å²) in [5, 5.41) is 0. The second kappa shape index (κ2) is 5.88. The van der Waals surface area contributed by atoms with Gasteiger partial charge in [0.05, 0.1) is 7.57 Å². The van der Waals surface area contributed by atoms with Gasteiger partial charge in [0, 0.05) is 0 Å². The van der Waals surface area contributed by atoms with E-state index >= 15 is 0 Å². The lowest BCUT2D eigenvalue weighted by Gasteiger charge is -2.29. The second-order valence-electron chi connectivity index (χ2n) is 1.67. The van der Waals surface area contributed by atoms with Crippen LogP contribution in [0.4, 0.5) is 0 Å². The van der Waals surface area contributed by atoms with Crippen molar-refractivity contribution in [2.45, 2.75) is 14.9 Å². The highest BCUT2D eigenvalue weighted by Gasteiger charge is 2.03. The lowest BCUT2D eigenvalue weighted by molar-refractivity contribution is -0.150. The Balaban J connectivity index is -0.000000320. The molecule has 0 aromatic heterocycles. The summed E-state index contributed by atoms with van der Waals surface area (Å²) >= 11 is 8.69. The molecule has 0 aromatic carbocycles. The van der Waals surface area contributed by atoms with Crippen molar-refractivity contribution in [1.82, 2.24) is 0 Å². The van der Waals surface area contributed by atoms with E-state index in [1.807, 2.05) is 0 Å². The molecule has 2 unspecified atom stereocenters. The van der Waals surface area contributed by atoms with E-state index in [9.17, 15) is 9.46 Å². The third-order valence-electron chi connectivity index (χ3n) is 0.371. The predicted molar refractivity (Wildman–Crippen MR) is 60.2 cm³/mol. The fourth-order valence-corrected chi connectivity index (χ4v) is 6.05. The highest BCUT2D eigenvalue weighted by Crippen LogP contribution is 2.47. The Labute approximate surface area is 81.7 Å². The standard InChI is InChI=1S/CH5B2O2P2S2.2CH4/c1-6(4,8)3-7(2,5)9;;/h1H3,(H,4,8)(H,5,9);2*1H4/p-2. The molecule has 0 N–H and O–H groups in total. The molecule has 0 heterocycles. The molecule has 65 valence electrons. The van der Waals surface area contributed by atoms with E-state index in [0.717, 1.165) is 6.72 Å². The van der Waals surface area contributed by atoms with Gasteiger partial charge in [0.2, 0.25) is 0 Å². The molecule has 3 radical (unpaired) electrons. The largest absolute Gasteiger partial charge is 0.834 e. The quantitative estimate of drug-likeness (QED) is 0.402. The highest BCUT2D eigenvalue weighted by molar-refractivity contribution is 8.60. The van der Waals surface area contributed by atoms with Gasteiger partial charge >= 0.3 is 0 Å². The first kappa shape index (κ1) is 18.2. The monoisotopic (exact) mass is 227 g/mol. The summed E-state index contributed by atoms with van der Waals surface area (Å²) in [5.41, 5.74) is 0. The molecule has 0 amide bonds. The molecule has 11 heavy (non-hydrogen) atoms. The van der Waals surface area contributed by atoms with Crippen molar-refractivity contribution in [2.24, 2.45) is 0 Å². The first-order valence-electron chi connectivity index (χ1n) is 1.95. The van der Waals surface area contributed by atoms with E-state index in [0.29, 0.717) is 0 Å². The van der Waals surface area contributed by atoms with Crippen LogP contribution in [0.25, 0.3) is 0 Å². The first-order chi connectivity index (χ1) is 3.71. The summed E-state index contributed by atoms with van der Waals surface area (Å²) in [7, 11) is 4.90. The molecule has 0 aliphatic rings. The SMILES string of the molecule is C.C.[B]P([O-])(=S)[B]P(C)(=O)[S-]. The van der Waals surface area contributed by atoms with Gasteiger partial charge in [-0.3, -0.25) is 0 Å². The van der Waals surface area contributed by atoms with E-state index in [2.05, 4.69) is 24.1 Å². The average molecular weight is 227 g/mol. The maximum Gasteiger partial charge on any atom is 0.186 e. The molecule has 0 fully saturated rings. The molecule has 0 saturated heterocycles. The zero-order chi connectivity index (χ0) is 7.71. The summed E-state index contributed by atoms with van der Waals surface area (Å²) in [4.78, 5) is 10.5. The first-order valence-corrected chi connectivity index (χ1v) is 8.05. The van der Waals surface area contributed by atoms with E-state index in [1.165, 1.54) is 6.66 Å². The Morgan fingerprint density at radius 2 is 1.91 bits per heavy atom. The third kappa shape index (κ3) is 18.4. The minimum absolute atomic E-state index is 0. The topological polar surface area (TPSA) is 40.1 Å². The molecular weight excluding hydrogens is 216 g/mol. The van der Waals surface area contributed by atoms with Gasteiger partial charge in [0.1, 0.15) is 0 Å². The summed E-state index contributed by atoms with van der Waals surface area (Å²) in [6, 6.07) is -3.20. The van der Waals surface area contributed by atoms with Crippen LogP contribution in [0.5, 0.6) is 0 Å². The van der Waals surface area contributed by atoms with Crippen molar-refractivity contribution >= 4 is 50.6 Å². The Morgan fingerprint density at radius 1 is 1.64 bits per heavy atom. The van der Waals surface area contributed by atoms with E-state index in [1.54, 1.807) is 0 Å². The summed E-state index contributed by atoms with van der Waals surface area (Å²) in [6.07, 6.45) is -2.82. The molecule has 0 rings (SSSR count). The molecule has 0 saturated carbocycles. The van der Waals surface area contributed by atoms with Crippen LogP contribution in [-0.2, 0) is 28.6 Å². The van der Waals surface area contributed by atoms with Gasteiger partial charge in [0.25, 0.3) is 0 Å². The number of hydrogen-bond donors (Lipinski definition) is 0. The van der Waals surface area contributed by atoms with Crippen molar-refractivity contribution in [3.8, 4) is 0 Å². The Bertz CT molecular complexity index is 166. The van der Waals surface area contributed by atoms with Crippen molar-refractivity contribution in [1.29, 1.82) is 0 Å². The van der Waals surface area contributed by atoms with Gasteiger partial charge in [-0.2, -0.15) is 6.02 Å². The molecule has 2 atom stereocenters. The molecular formula is C3H11B2O2P2S2-2. The number of rotatable bonds is 2. The predicted octanol–water partition coefficient (Wildman–Crippen LogP) is 1.09. The van der Waals surface area contributed by atoms with Crippen LogP contribution in [-0.4, -0.2) is 20.9 Å². The third-order valence-corrected chi connectivity index (χ3v) is 5.03. The zero-order valence-electron chi connectivity index (χ0n) is 4.68. The molecule has 0 aliphatic heterocycles. The van der Waals surface area contributed by atoms with Crippen molar-refractivity contribution in [3.63, 3.8) is 0 Å². The van der Waals surface area contributed by atoms with Crippen LogP contribution in [0.3, 0.4) is 0 Å². The Morgan fingerprint density at radius 3 is 1.91 bits per heavy atom. The Kier molecular flexibility index (Phi) is 9.71. The number of hydrogen-bond acceptors (Lipinski definition) is 4. The van der Waals surface area contributed by atoms with Crippen molar-refractivity contribution < 1.29 is 9.46 Å². The fraction of sp³-hybridized carbons (Fsp3) is 1.00. The lowest BCUT2D eigenvalue weighted by Crippen LogP contribution is -2.06. The van der Waals surface area contributed by atoms with Gasteiger partial charge < -0.3 is 21.7 Å². The minimum Gasteiger partial charge on any atom is -0.834 e. The van der Waals surface area contributed by atoms with Crippen LogP contribution in [0.1, 0.15) is 14.9 Å². The highest BCUT2D eigenvalue weighted by atomic mass is 32.7. The lowest BCUT2D eigenvalue weighted by atomic mass is 10.7. The fourth-order valence-electron chi connectivity index (χ4n) is 0.292. The average Bonchev–Trinajstić information content (AvgIpc) is 1.14. The van der Waals surface area contributed by atoms with Crippen LogP contribution >= 0.6 is 12.2 Å². The maximum absolute atomic E-state index is 10.7. The molecule has 0 bridgehead atoms. The van der Waals surface area contributed by atoms with Crippen LogP contribution in [0.15, 0.2) is 0 Å². The van der Waals surface area contributed by atoms with Crippen LogP contribution in [0, 0.1) is 0 Å². The van der Waals surface area contributed by atoms with E-state index in [4.69, 9.17) is 7.57 Å². The van der Waals surface area contributed by atoms with Crippen LogP contribution < -0.4 is 4.89 Å². The summed E-state index contributed by atoms with van der Waals surface area (Å²) in [5.74, 6) is 0. The molecule has 0 aliphatic carbocycles. The zero-order valence-corrected chi connectivity index (χ0v) is 8.10. The van der Waals surface area contributed by atoms with E-state index < -0.39 is 12.2 Å². The van der Waals surface area contributed by atoms with Gasteiger partial charge in [-0.25, -0.2) is 0 Å². The van der Waals surface area contributed by atoms with Gasteiger partial charge in [-0.1, -0.05) is 21.1 Å². The second-order valence-corrected chi connectivity index (χ2v) is 9.59. The maximum atomic E-state index is 10.7. The van der Waals surface area contributed by atoms with Gasteiger partial charge in [0.15, 0.2) is 6.72 Å². The van der Waals surface area contributed by atoms with Crippen molar-refractivity contribution in [2.75, 3.05) is 6.66 Å².